The fourth-order valence-electron chi connectivity index (χ4n) is 3.48. The van der Waals surface area contributed by atoms with Crippen LogP contribution in [0.2, 0.25) is 5.02 Å². The summed E-state index contributed by atoms with van der Waals surface area (Å²) < 4.78 is 10.5. The number of benzene rings is 1. The largest absolute Gasteiger partial charge is 0.491 e. The van der Waals surface area contributed by atoms with Crippen molar-refractivity contribution in [2.45, 2.75) is 45.9 Å². The van der Waals surface area contributed by atoms with E-state index in [0.717, 1.165) is 11.3 Å². The molecular weight excluding hydrogens is 466 g/mol. The van der Waals surface area contributed by atoms with Crippen LogP contribution >= 0.6 is 22.9 Å². The van der Waals surface area contributed by atoms with Crippen LogP contribution in [0.15, 0.2) is 29.1 Å². The molecule has 0 aliphatic heterocycles. The Hall–Kier alpha value is -2.46. The van der Waals surface area contributed by atoms with Gasteiger partial charge in [0.05, 0.1) is 19.0 Å². The summed E-state index contributed by atoms with van der Waals surface area (Å²) in [6.45, 7) is 6.65. The normalized spacial score (nSPS) is 12.5. The van der Waals surface area contributed by atoms with Crippen molar-refractivity contribution in [2.24, 2.45) is 0 Å². The Kier molecular flexibility index (Phi) is 8.47. The van der Waals surface area contributed by atoms with E-state index in [1.54, 1.807) is 24.3 Å². The van der Waals surface area contributed by atoms with E-state index in [9.17, 15) is 14.7 Å². The predicted molar refractivity (Wildman–Crippen MR) is 129 cm³/mol. The van der Waals surface area contributed by atoms with Crippen LogP contribution in [0.1, 0.15) is 41.8 Å². The maximum Gasteiger partial charge on any atom is 0.348 e. The van der Waals surface area contributed by atoms with Crippen molar-refractivity contribution in [2.75, 3.05) is 20.3 Å². The highest BCUT2D eigenvalue weighted by Gasteiger charge is 2.23. The molecule has 0 aliphatic carbocycles. The van der Waals surface area contributed by atoms with Gasteiger partial charge in [-0.2, -0.15) is 0 Å². The number of nitrogens with one attached hydrogen (secondary N) is 1. The SMILES string of the molecule is CCc1c(C(=O)OC)sc2nc(CN(C[C@H](O)COc3ccc(Cl)cc3)C(C)C)[nH]c(=O)c12. The fraction of sp³-hybridized carbons (Fsp3) is 0.435. The third-order valence-corrected chi connectivity index (χ3v) is 6.58. The number of halogens is 1. The van der Waals surface area contributed by atoms with E-state index < -0.39 is 12.1 Å². The average molecular weight is 494 g/mol. The van der Waals surface area contributed by atoms with Crippen molar-refractivity contribution in [1.82, 2.24) is 14.9 Å². The Morgan fingerprint density at radius 2 is 2.00 bits per heavy atom. The van der Waals surface area contributed by atoms with Gasteiger partial charge in [0.15, 0.2) is 0 Å². The number of aromatic nitrogens is 2. The topological polar surface area (TPSA) is 105 Å². The molecule has 3 aromatic rings. The van der Waals surface area contributed by atoms with Crippen LogP contribution in [0.5, 0.6) is 5.75 Å². The van der Waals surface area contributed by atoms with Gasteiger partial charge in [-0.1, -0.05) is 18.5 Å². The minimum Gasteiger partial charge on any atom is -0.491 e. The molecule has 0 radical (unpaired) electrons. The number of aromatic amines is 1. The van der Waals surface area contributed by atoms with Crippen molar-refractivity contribution < 1.29 is 19.4 Å². The van der Waals surface area contributed by atoms with Gasteiger partial charge < -0.3 is 19.6 Å². The number of carbonyl (C=O) groups is 1. The summed E-state index contributed by atoms with van der Waals surface area (Å²) in [5.74, 6) is 0.618. The van der Waals surface area contributed by atoms with E-state index in [-0.39, 0.29) is 18.2 Å². The zero-order valence-electron chi connectivity index (χ0n) is 19.1. The fourth-order valence-corrected chi connectivity index (χ4v) is 4.81. The van der Waals surface area contributed by atoms with Gasteiger partial charge in [0.25, 0.3) is 5.56 Å². The van der Waals surface area contributed by atoms with E-state index >= 15 is 0 Å². The Morgan fingerprint density at radius 3 is 2.61 bits per heavy atom. The first-order chi connectivity index (χ1) is 15.7. The first-order valence-corrected chi connectivity index (χ1v) is 11.9. The molecule has 0 bridgehead atoms. The average Bonchev–Trinajstić information content (AvgIpc) is 3.16. The molecule has 2 N–H and O–H groups in total. The summed E-state index contributed by atoms with van der Waals surface area (Å²) in [6, 6.07) is 7.02. The van der Waals surface area contributed by atoms with Gasteiger partial charge in [0.2, 0.25) is 0 Å². The number of H-pyrrole nitrogens is 1. The van der Waals surface area contributed by atoms with Crippen molar-refractivity contribution in [1.29, 1.82) is 0 Å². The maximum absolute atomic E-state index is 12.8. The van der Waals surface area contributed by atoms with Crippen molar-refractivity contribution >= 4 is 39.1 Å². The second-order valence-electron chi connectivity index (χ2n) is 7.89. The molecule has 2 heterocycles. The first kappa shape index (κ1) is 25.2. The number of hydrogen-bond acceptors (Lipinski definition) is 8. The molecule has 178 valence electrons. The first-order valence-electron chi connectivity index (χ1n) is 10.7. The molecule has 10 heteroatoms. The third kappa shape index (κ3) is 6.11. The number of carbonyl (C=O) groups excluding carboxylic acids is 1. The maximum atomic E-state index is 12.8. The molecule has 1 atom stereocenters. The number of thiophene rings is 1. The number of methoxy groups -OCH3 is 1. The molecule has 0 spiro atoms. The summed E-state index contributed by atoms with van der Waals surface area (Å²) in [5.41, 5.74) is 0.367. The molecule has 8 nitrogen and oxygen atoms in total. The Bertz CT molecular complexity index is 1160. The summed E-state index contributed by atoms with van der Waals surface area (Å²) in [5, 5.41) is 11.6. The number of nitrogens with zero attached hydrogens (tertiary/aromatic N) is 2. The van der Waals surface area contributed by atoms with E-state index in [2.05, 4.69) is 9.97 Å². The van der Waals surface area contributed by atoms with Crippen LogP contribution < -0.4 is 10.3 Å². The number of fused-ring (bicyclic) bond motifs is 1. The Labute approximate surface area is 201 Å². The lowest BCUT2D eigenvalue weighted by molar-refractivity contribution is 0.0533. The number of esters is 1. The quantitative estimate of drug-likeness (QED) is 0.415. The van der Waals surface area contributed by atoms with Gasteiger partial charge in [-0.15, -0.1) is 11.3 Å². The molecule has 2 aromatic heterocycles. The summed E-state index contributed by atoms with van der Waals surface area (Å²) >= 11 is 7.04. The highest BCUT2D eigenvalue weighted by molar-refractivity contribution is 7.20. The van der Waals surface area contributed by atoms with Crippen LogP contribution in [-0.2, 0) is 17.7 Å². The van der Waals surface area contributed by atoms with Gasteiger partial charge >= 0.3 is 5.97 Å². The molecule has 0 fully saturated rings. The monoisotopic (exact) mass is 493 g/mol. The minimum absolute atomic E-state index is 0.0800. The smallest absolute Gasteiger partial charge is 0.348 e. The highest BCUT2D eigenvalue weighted by atomic mass is 35.5. The zero-order valence-corrected chi connectivity index (χ0v) is 20.6. The van der Waals surface area contributed by atoms with Gasteiger partial charge in [-0.25, -0.2) is 9.78 Å². The molecule has 0 amide bonds. The summed E-state index contributed by atoms with van der Waals surface area (Å²) in [4.78, 5) is 35.3. The predicted octanol–water partition coefficient (Wildman–Crippen LogP) is 3.64. The van der Waals surface area contributed by atoms with Crippen molar-refractivity contribution in [3.8, 4) is 5.75 Å². The van der Waals surface area contributed by atoms with E-state index in [1.807, 2.05) is 25.7 Å². The van der Waals surface area contributed by atoms with Crippen LogP contribution in [-0.4, -0.2) is 58.4 Å². The third-order valence-electron chi connectivity index (χ3n) is 5.22. The van der Waals surface area contributed by atoms with E-state index in [0.29, 0.717) is 56.8 Å². The summed E-state index contributed by atoms with van der Waals surface area (Å²) in [7, 11) is 1.32. The second-order valence-corrected chi connectivity index (χ2v) is 9.33. The number of rotatable bonds is 10. The number of aliphatic hydroxyl groups is 1. The Balaban J connectivity index is 1.75. The summed E-state index contributed by atoms with van der Waals surface area (Å²) in [6.07, 6.45) is -0.232. The second kappa shape index (κ2) is 11.1. The lowest BCUT2D eigenvalue weighted by Crippen LogP contribution is -2.40. The van der Waals surface area contributed by atoms with Crippen molar-refractivity contribution in [3.05, 3.63) is 55.9 Å². The lowest BCUT2D eigenvalue weighted by Gasteiger charge is -2.28. The number of aryl methyl sites for hydroxylation is 1. The molecule has 1 aromatic carbocycles. The van der Waals surface area contributed by atoms with Gasteiger partial charge in [-0.05, 0) is 50.1 Å². The minimum atomic E-state index is -0.752. The van der Waals surface area contributed by atoms with Crippen molar-refractivity contribution in [3.63, 3.8) is 0 Å². The van der Waals surface area contributed by atoms with E-state index in [4.69, 9.17) is 21.1 Å². The molecule has 33 heavy (non-hydrogen) atoms. The molecule has 0 saturated heterocycles. The zero-order chi connectivity index (χ0) is 24.1. The Morgan fingerprint density at radius 1 is 1.30 bits per heavy atom. The lowest BCUT2D eigenvalue weighted by atomic mass is 10.1. The number of hydrogen-bond donors (Lipinski definition) is 2. The van der Waals surface area contributed by atoms with Crippen LogP contribution in [0.25, 0.3) is 10.2 Å². The molecule has 0 aliphatic rings. The van der Waals surface area contributed by atoms with Gasteiger partial charge in [0, 0.05) is 17.6 Å². The molecule has 3 rings (SSSR count). The van der Waals surface area contributed by atoms with Gasteiger partial charge in [0.1, 0.15) is 34.0 Å². The number of ether oxygens (including phenoxy) is 2. The van der Waals surface area contributed by atoms with Crippen LogP contribution in [0.4, 0.5) is 0 Å². The molecule has 0 unspecified atom stereocenters. The number of aliphatic hydroxyl groups excluding tert-OH is 1. The molecule has 0 saturated carbocycles. The standard InChI is InChI=1S/C23H28ClN3O5S/c1-5-17-19-21(29)25-18(26-22(19)33-20(17)23(30)31-4)11-27(13(2)3)10-15(28)12-32-16-8-6-14(24)7-9-16/h6-9,13,15,28H,5,10-12H2,1-4H3,(H,25,26,29)/t15-/m0/s1. The highest BCUT2D eigenvalue weighted by Crippen LogP contribution is 2.29. The molecular formula is C23H28ClN3O5S. The van der Waals surface area contributed by atoms with E-state index in [1.165, 1.54) is 7.11 Å². The van der Waals surface area contributed by atoms with Crippen LogP contribution in [0, 0.1) is 0 Å². The van der Waals surface area contributed by atoms with Gasteiger partial charge in [-0.3, -0.25) is 9.69 Å². The van der Waals surface area contributed by atoms with Crippen LogP contribution in [0.3, 0.4) is 0 Å².